The molecule has 0 spiro atoms. The quantitative estimate of drug-likeness (QED) is 0.818. The predicted octanol–water partition coefficient (Wildman–Crippen LogP) is 2.37. The highest BCUT2D eigenvalue weighted by Gasteiger charge is 2.44. The van der Waals surface area contributed by atoms with Gasteiger partial charge < -0.3 is 19.7 Å². The fraction of sp³-hybridized carbons (Fsp3) is 1.00. The summed E-state index contributed by atoms with van der Waals surface area (Å²) in [5, 5.41) is 20.7. The van der Waals surface area contributed by atoms with Gasteiger partial charge >= 0.3 is 0 Å². The van der Waals surface area contributed by atoms with E-state index in [1.807, 2.05) is 0 Å². The van der Waals surface area contributed by atoms with E-state index in [9.17, 15) is 10.2 Å². The van der Waals surface area contributed by atoms with Gasteiger partial charge in [-0.25, -0.2) is 0 Å². The fourth-order valence-electron chi connectivity index (χ4n) is 5.02. The van der Waals surface area contributed by atoms with E-state index in [4.69, 9.17) is 9.47 Å². The van der Waals surface area contributed by atoms with E-state index in [-0.39, 0.29) is 12.0 Å². The van der Waals surface area contributed by atoms with Gasteiger partial charge in [0.1, 0.15) is 6.10 Å². The molecule has 0 aromatic rings. The summed E-state index contributed by atoms with van der Waals surface area (Å²) in [4.78, 5) is 0. The van der Waals surface area contributed by atoms with Crippen LogP contribution in [0.1, 0.15) is 51.4 Å². The van der Waals surface area contributed by atoms with Gasteiger partial charge in [0.15, 0.2) is 0 Å². The first kappa shape index (κ1) is 16.7. The Morgan fingerprint density at radius 2 is 1.77 bits per heavy atom. The second-order valence-corrected chi connectivity index (χ2v) is 7.82. The molecule has 1 aliphatic heterocycles. The first-order valence-corrected chi connectivity index (χ1v) is 9.15. The molecule has 3 fully saturated rings. The smallest absolute Gasteiger partial charge is 0.107 e. The lowest BCUT2D eigenvalue weighted by Crippen LogP contribution is -2.53. The van der Waals surface area contributed by atoms with Crippen LogP contribution in [0.2, 0.25) is 0 Å². The standard InChI is InChI=1S/C18H32O4/c1-21-10-15-11-22-18(17(20)16(15)19)14-7-6-13(9-14)8-12-4-2-3-5-12/h12-20H,2-11H2,1H3/t13?,14?,15-,16-,17-,18-/m1/s1. The van der Waals surface area contributed by atoms with E-state index in [0.717, 1.165) is 18.3 Å². The summed E-state index contributed by atoms with van der Waals surface area (Å²) in [5.41, 5.74) is 0. The lowest BCUT2D eigenvalue weighted by molar-refractivity contribution is -0.188. The summed E-state index contributed by atoms with van der Waals surface area (Å²) in [6.45, 7) is 0.945. The van der Waals surface area contributed by atoms with Crippen LogP contribution in [-0.4, -0.2) is 48.8 Å². The van der Waals surface area contributed by atoms with Gasteiger partial charge in [0.2, 0.25) is 0 Å². The van der Waals surface area contributed by atoms with Crippen molar-refractivity contribution in [3.8, 4) is 0 Å². The van der Waals surface area contributed by atoms with Crippen molar-refractivity contribution in [3.05, 3.63) is 0 Å². The minimum Gasteiger partial charge on any atom is -0.390 e. The average molecular weight is 312 g/mol. The normalized spacial score (nSPS) is 43.8. The van der Waals surface area contributed by atoms with Gasteiger partial charge in [0.05, 0.1) is 25.4 Å². The second-order valence-electron chi connectivity index (χ2n) is 7.82. The van der Waals surface area contributed by atoms with Crippen LogP contribution < -0.4 is 0 Å². The molecule has 2 saturated carbocycles. The molecule has 22 heavy (non-hydrogen) atoms. The van der Waals surface area contributed by atoms with E-state index in [1.165, 1.54) is 44.9 Å². The molecule has 0 radical (unpaired) electrons. The number of ether oxygens (including phenoxy) is 2. The molecular formula is C18H32O4. The molecule has 3 rings (SSSR count). The van der Waals surface area contributed by atoms with E-state index in [2.05, 4.69) is 0 Å². The molecular weight excluding hydrogens is 280 g/mol. The minimum atomic E-state index is -0.760. The largest absolute Gasteiger partial charge is 0.390 e. The molecule has 0 bridgehead atoms. The Hall–Kier alpha value is -0.160. The van der Waals surface area contributed by atoms with E-state index >= 15 is 0 Å². The zero-order valence-corrected chi connectivity index (χ0v) is 13.8. The maximum absolute atomic E-state index is 10.4. The first-order valence-electron chi connectivity index (χ1n) is 9.15. The van der Waals surface area contributed by atoms with Crippen molar-refractivity contribution in [1.29, 1.82) is 0 Å². The monoisotopic (exact) mass is 312 g/mol. The maximum Gasteiger partial charge on any atom is 0.107 e. The minimum absolute atomic E-state index is 0.105. The maximum atomic E-state index is 10.4. The van der Waals surface area contributed by atoms with E-state index in [1.54, 1.807) is 7.11 Å². The van der Waals surface area contributed by atoms with Crippen LogP contribution in [0.3, 0.4) is 0 Å². The first-order chi connectivity index (χ1) is 10.7. The third-order valence-electron chi connectivity index (χ3n) is 6.24. The summed E-state index contributed by atoms with van der Waals surface area (Å²) < 4.78 is 11.0. The van der Waals surface area contributed by atoms with Crippen LogP contribution in [-0.2, 0) is 9.47 Å². The Bertz CT molecular complexity index is 342. The number of hydrogen-bond donors (Lipinski definition) is 2. The summed E-state index contributed by atoms with van der Waals surface area (Å²) >= 11 is 0. The third kappa shape index (κ3) is 3.66. The molecule has 128 valence electrons. The van der Waals surface area contributed by atoms with Gasteiger partial charge in [-0.3, -0.25) is 0 Å². The summed E-state index contributed by atoms with van der Waals surface area (Å²) in [5.74, 6) is 2.06. The third-order valence-corrected chi connectivity index (χ3v) is 6.24. The topological polar surface area (TPSA) is 58.9 Å². The predicted molar refractivity (Wildman–Crippen MR) is 84.5 cm³/mol. The summed E-state index contributed by atoms with van der Waals surface area (Å²) in [6, 6.07) is 0. The molecule has 6 atom stereocenters. The van der Waals surface area contributed by atoms with E-state index < -0.39 is 12.2 Å². The number of methoxy groups -OCH3 is 1. The van der Waals surface area contributed by atoms with Crippen molar-refractivity contribution in [2.24, 2.45) is 23.7 Å². The fourth-order valence-corrected chi connectivity index (χ4v) is 5.02. The van der Waals surface area contributed by atoms with Crippen LogP contribution in [0, 0.1) is 23.7 Å². The highest BCUT2D eigenvalue weighted by atomic mass is 16.5. The zero-order chi connectivity index (χ0) is 15.5. The Kier molecular flexibility index (Phi) is 5.77. The number of rotatable bonds is 5. The molecule has 2 N–H and O–H groups in total. The molecule has 3 aliphatic rings. The van der Waals surface area contributed by atoms with Crippen LogP contribution in [0.5, 0.6) is 0 Å². The highest BCUT2D eigenvalue weighted by Crippen LogP contribution is 2.42. The molecule has 2 unspecified atom stereocenters. The van der Waals surface area contributed by atoms with Crippen molar-refractivity contribution >= 4 is 0 Å². The van der Waals surface area contributed by atoms with Crippen molar-refractivity contribution < 1.29 is 19.7 Å². The Morgan fingerprint density at radius 1 is 1.00 bits per heavy atom. The SMILES string of the molecule is COC[C@@H]1CO[C@H](C2CCC(CC3CCCC3)C2)[C@H](O)[C@@H]1O. The molecule has 4 heteroatoms. The van der Waals surface area contributed by atoms with Gasteiger partial charge in [-0.05, 0) is 37.0 Å². The Balaban J connectivity index is 1.50. The lowest BCUT2D eigenvalue weighted by atomic mass is 9.84. The van der Waals surface area contributed by atoms with E-state index in [0.29, 0.717) is 19.1 Å². The molecule has 2 aliphatic carbocycles. The van der Waals surface area contributed by atoms with Crippen molar-refractivity contribution in [1.82, 2.24) is 0 Å². The van der Waals surface area contributed by atoms with Crippen molar-refractivity contribution in [2.45, 2.75) is 69.7 Å². The van der Waals surface area contributed by atoms with Crippen LogP contribution >= 0.6 is 0 Å². The number of aliphatic hydroxyl groups is 2. The molecule has 4 nitrogen and oxygen atoms in total. The van der Waals surface area contributed by atoms with Gasteiger partial charge in [-0.15, -0.1) is 0 Å². The van der Waals surface area contributed by atoms with Gasteiger partial charge in [0.25, 0.3) is 0 Å². The van der Waals surface area contributed by atoms with Crippen LogP contribution in [0.25, 0.3) is 0 Å². The highest BCUT2D eigenvalue weighted by molar-refractivity contribution is 4.93. The summed E-state index contributed by atoms with van der Waals surface area (Å²) in [7, 11) is 1.62. The van der Waals surface area contributed by atoms with Crippen molar-refractivity contribution in [2.75, 3.05) is 20.3 Å². The van der Waals surface area contributed by atoms with Crippen molar-refractivity contribution in [3.63, 3.8) is 0 Å². The van der Waals surface area contributed by atoms with Crippen LogP contribution in [0.4, 0.5) is 0 Å². The second kappa shape index (κ2) is 7.61. The molecule has 1 saturated heterocycles. The zero-order valence-electron chi connectivity index (χ0n) is 13.8. The van der Waals surface area contributed by atoms with Gasteiger partial charge in [-0.1, -0.05) is 32.1 Å². The summed E-state index contributed by atoms with van der Waals surface area (Å²) in [6.07, 6.45) is 8.95. The van der Waals surface area contributed by atoms with Gasteiger partial charge in [0, 0.05) is 13.0 Å². The van der Waals surface area contributed by atoms with Crippen LogP contribution in [0.15, 0.2) is 0 Å². The molecule has 0 aromatic heterocycles. The Morgan fingerprint density at radius 3 is 2.50 bits per heavy atom. The lowest BCUT2D eigenvalue weighted by Gasteiger charge is -2.40. The Labute approximate surface area is 134 Å². The number of hydrogen-bond acceptors (Lipinski definition) is 4. The average Bonchev–Trinajstić information content (AvgIpc) is 3.17. The number of aliphatic hydroxyl groups excluding tert-OH is 2. The van der Waals surface area contributed by atoms with Gasteiger partial charge in [-0.2, -0.15) is 0 Å². The molecule has 0 amide bonds. The molecule has 0 aromatic carbocycles. The molecule has 1 heterocycles.